The summed E-state index contributed by atoms with van der Waals surface area (Å²) in [6, 6.07) is 3.79. The van der Waals surface area contributed by atoms with Gasteiger partial charge in [-0.15, -0.1) is 0 Å². The van der Waals surface area contributed by atoms with E-state index in [1.165, 1.54) is 0 Å². The lowest BCUT2D eigenvalue weighted by Crippen LogP contribution is -1.99. The molecule has 0 aliphatic heterocycles. The summed E-state index contributed by atoms with van der Waals surface area (Å²) in [6.45, 7) is 3.66. The van der Waals surface area contributed by atoms with E-state index in [1.54, 1.807) is 11.3 Å². The topological polar surface area (TPSA) is 54.6 Å². The predicted molar refractivity (Wildman–Crippen MR) is 51.6 cm³/mol. The second-order valence-electron chi connectivity index (χ2n) is 3.24. The van der Waals surface area contributed by atoms with Crippen LogP contribution in [0, 0.1) is 13.8 Å². The van der Waals surface area contributed by atoms with Gasteiger partial charge in [0.15, 0.2) is 5.69 Å². The van der Waals surface area contributed by atoms with E-state index in [0.29, 0.717) is 11.3 Å². The Morgan fingerprint density at radius 1 is 1.50 bits per heavy atom. The highest BCUT2D eigenvalue weighted by Gasteiger charge is 2.14. The van der Waals surface area contributed by atoms with E-state index in [0.717, 1.165) is 5.56 Å². The van der Waals surface area contributed by atoms with Gasteiger partial charge in [0.1, 0.15) is 5.65 Å². The van der Waals surface area contributed by atoms with Crippen LogP contribution in [0.2, 0.25) is 0 Å². The molecule has 2 aromatic rings. The quantitative estimate of drug-likeness (QED) is 0.743. The van der Waals surface area contributed by atoms with E-state index >= 15 is 0 Å². The van der Waals surface area contributed by atoms with Gasteiger partial charge in [-0.3, -0.25) is 0 Å². The van der Waals surface area contributed by atoms with E-state index in [-0.39, 0.29) is 5.69 Å². The van der Waals surface area contributed by atoms with Gasteiger partial charge < -0.3 is 9.51 Å². The van der Waals surface area contributed by atoms with Gasteiger partial charge in [-0.25, -0.2) is 9.78 Å². The Balaban J connectivity index is 2.86. The molecule has 0 fully saturated rings. The first-order chi connectivity index (χ1) is 6.61. The van der Waals surface area contributed by atoms with Crippen molar-refractivity contribution in [1.82, 2.24) is 9.38 Å². The third-order valence-electron chi connectivity index (χ3n) is 2.29. The number of imidazole rings is 1. The molecular weight excluding hydrogens is 180 g/mol. The van der Waals surface area contributed by atoms with Crippen LogP contribution in [0.3, 0.4) is 0 Å². The number of carbonyl (C=O) groups is 1. The van der Waals surface area contributed by atoms with Crippen LogP contribution in [0.25, 0.3) is 5.65 Å². The first-order valence-corrected chi connectivity index (χ1v) is 4.29. The molecule has 0 unspecified atom stereocenters. The van der Waals surface area contributed by atoms with Crippen LogP contribution in [-0.2, 0) is 0 Å². The highest BCUT2D eigenvalue weighted by Crippen LogP contribution is 2.14. The molecule has 0 aromatic carbocycles. The lowest BCUT2D eigenvalue weighted by molar-refractivity contribution is 0.0690. The first-order valence-electron chi connectivity index (χ1n) is 4.29. The number of fused-ring (bicyclic) bond motifs is 1. The third-order valence-corrected chi connectivity index (χ3v) is 2.29. The number of hydrogen-bond donors (Lipinski definition) is 1. The van der Waals surface area contributed by atoms with Crippen LogP contribution in [0.1, 0.15) is 21.7 Å². The van der Waals surface area contributed by atoms with Crippen molar-refractivity contribution in [2.45, 2.75) is 13.8 Å². The molecule has 0 spiro atoms. The fourth-order valence-electron chi connectivity index (χ4n) is 1.52. The Kier molecular flexibility index (Phi) is 1.77. The van der Waals surface area contributed by atoms with Crippen LogP contribution < -0.4 is 0 Å². The lowest BCUT2D eigenvalue weighted by atomic mass is 10.3. The minimum atomic E-state index is -0.981. The van der Waals surface area contributed by atoms with Crippen molar-refractivity contribution in [1.29, 1.82) is 0 Å². The Labute approximate surface area is 80.8 Å². The van der Waals surface area contributed by atoms with Crippen molar-refractivity contribution in [3.05, 3.63) is 35.3 Å². The largest absolute Gasteiger partial charge is 0.476 e. The number of pyridine rings is 1. The van der Waals surface area contributed by atoms with Gasteiger partial charge in [0.25, 0.3) is 0 Å². The summed E-state index contributed by atoms with van der Waals surface area (Å²) >= 11 is 0. The average Bonchev–Trinajstić information content (AvgIpc) is 2.46. The average molecular weight is 190 g/mol. The van der Waals surface area contributed by atoms with Crippen LogP contribution in [0.15, 0.2) is 18.3 Å². The van der Waals surface area contributed by atoms with E-state index < -0.39 is 5.97 Å². The fraction of sp³-hybridized carbons (Fsp3) is 0.200. The second-order valence-corrected chi connectivity index (χ2v) is 3.24. The van der Waals surface area contributed by atoms with E-state index in [2.05, 4.69) is 4.98 Å². The first kappa shape index (κ1) is 8.74. The molecule has 14 heavy (non-hydrogen) atoms. The number of carboxylic acid groups (broad SMARTS) is 1. The Bertz CT molecular complexity index is 514. The minimum Gasteiger partial charge on any atom is -0.476 e. The molecule has 0 aliphatic rings. The standard InChI is InChI=1S/C10H10N2O2/c1-6-4-3-5-12-7(2)8(10(13)14)11-9(6)12/h3-5H,1-2H3,(H,13,14). The number of carboxylic acids is 1. The zero-order valence-corrected chi connectivity index (χ0v) is 7.98. The van der Waals surface area contributed by atoms with Crippen molar-refractivity contribution < 1.29 is 9.90 Å². The molecule has 2 aromatic heterocycles. The molecule has 0 saturated heterocycles. The molecule has 0 radical (unpaired) electrons. The number of aryl methyl sites for hydroxylation is 2. The van der Waals surface area contributed by atoms with Crippen LogP contribution in [-0.4, -0.2) is 20.5 Å². The number of aromatic nitrogens is 2. The number of aromatic carboxylic acids is 1. The van der Waals surface area contributed by atoms with E-state index in [4.69, 9.17) is 5.11 Å². The number of rotatable bonds is 1. The van der Waals surface area contributed by atoms with Crippen molar-refractivity contribution in [2.75, 3.05) is 0 Å². The van der Waals surface area contributed by atoms with Crippen LogP contribution in [0.5, 0.6) is 0 Å². The molecular formula is C10H10N2O2. The van der Waals surface area contributed by atoms with E-state index in [1.807, 2.05) is 25.3 Å². The smallest absolute Gasteiger partial charge is 0.356 e. The summed E-state index contributed by atoms with van der Waals surface area (Å²) in [6.07, 6.45) is 1.82. The van der Waals surface area contributed by atoms with Crippen molar-refractivity contribution in [3.8, 4) is 0 Å². The lowest BCUT2D eigenvalue weighted by Gasteiger charge is -1.97. The maximum atomic E-state index is 10.8. The van der Waals surface area contributed by atoms with Crippen LogP contribution >= 0.6 is 0 Å². The normalized spacial score (nSPS) is 10.7. The fourth-order valence-corrected chi connectivity index (χ4v) is 1.52. The van der Waals surface area contributed by atoms with Crippen molar-refractivity contribution in [3.63, 3.8) is 0 Å². The molecule has 0 amide bonds. The Morgan fingerprint density at radius 2 is 2.21 bits per heavy atom. The summed E-state index contributed by atoms with van der Waals surface area (Å²) in [7, 11) is 0. The molecule has 4 nitrogen and oxygen atoms in total. The molecule has 0 atom stereocenters. The van der Waals surface area contributed by atoms with Gasteiger partial charge in [-0.05, 0) is 25.5 Å². The highest BCUT2D eigenvalue weighted by molar-refractivity contribution is 5.88. The molecule has 72 valence electrons. The molecule has 1 N–H and O–H groups in total. The maximum Gasteiger partial charge on any atom is 0.356 e. The summed E-state index contributed by atoms with van der Waals surface area (Å²) in [5.41, 5.74) is 2.47. The number of hydrogen-bond acceptors (Lipinski definition) is 2. The molecule has 4 heteroatoms. The van der Waals surface area contributed by atoms with E-state index in [9.17, 15) is 4.79 Å². The second kappa shape index (κ2) is 2.83. The zero-order valence-electron chi connectivity index (χ0n) is 7.98. The predicted octanol–water partition coefficient (Wildman–Crippen LogP) is 1.65. The Hall–Kier alpha value is -1.84. The Morgan fingerprint density at radius 3 is 2.79 bits per heavy atom. The molecule has 2 rings (SSSR count). The summed E-state index contributed by atoms with van der Waals surface area (Å²) < 4.78 is 1.79. The highest BCUT2D eigenvalue weighted by atomic mass is 16.4. The molecule has 2 heterocycles. The SMILES string of the molecule is Cc1cccn2c(C)c(C(=O)O)nc12. The number of nitrogens with zero attached hydrogens (tertiary/aromatic N) is 2. The molecule has 0 aliphatic carbocycles. The van der Waals surface area contributed by atoms with Crippen molar-refractivity contribution in [2.24, 2.45) is 0 Å². The van der Waals surface area contributed by atoms with Gasteiger partial charge in [0.05, 0.1) is 5.69 Å². The van der Waals surface area contributed by atoms with Gasteiger partial charge in [-0.2, -0.15) is 0 Å². The molecule has 0 bridgehead atoms. The third kappa shape index (κ3) is 1.08. The maximum absolute atomic E-state index is 10.8. The molecule has 0 saturated carbocycles. The van der Waals surface area contributed by atoms with Crippen molar-refractivity contribution >= 4 is 11.6 Å². The summed E-state index contributed by atoms with van der Waals surface area (Å²) in [5.74, 6) is -0.981. The van der Waals surface area contributed by atoms with Gasteiger partial charge in [0.2, 0.25) is 0 Å². The van der Waals surface area contributed by atoms with Gasteiger partial charge >= 0.3 is 5.97 Å². The summed E-state index contributed by atoms with van der Waals surface area (Å²) in [5, 5.41) is 8.88. The van der Waals surface area contributed by atoms with Gasteiger partial charge in [0, 0.05) is 6.20 Å². The minimum absolute atomic E-state index is 0.124. The van der Waals surface area contributed by atoms with Gasteiger partial charge in [-0.1, -0.05) is 6.07 Å². The monoisotopic (exact) mass is 190 g/mol. The summed E-state index contributed by atoms with van der Waals surface area (Å²) in [4.78, 5) is 14.9. The zero-order chi connectivity index (χ0) is 10.3. The van der Waals surface area contributed by atoms with Crippen LogP contribution in [0.4, 0.5) is 0 Å².